The molecule has 3 aliphatic heterocycles. The van der Waals surface area contributed by atoms with Gasteiger partial charge in [-0.25, -0.2) is 4.90 Å². The Labute approximate surface area is 136 Å². The zero-order valence-electron chi connectivity index (χ0n) is 12.7. The van der Waals surface area contributed by atoms with Crippen LogP contribution in [0.25, 0.3) is 0 Å². The normalized spacial score (nSPS) is 36.5. The molecule has 2 amide bonds. The maximum Gasteiger partial charge on any atom is 0.269 e. The van der Waals surface area contributed by atoms with Crippen molar-refractivity contribution < 1.29 is 24.4 Å². The molecular weight excluding hydrogens is 316 g/mol. The van der Waals surface area contributed by atoms with Crippen LogP contribution in [-0.2, 0) is 14.3 Å². The average molecular weight is 330 g/mol. The summed E-state index contributed by atoms with van der Waals surface area (Å²) in [7, 11) is 0. The topological polar surface area (TPSA) is 110 Å². The highest BCUT2D eigenvalue weighted by Gasteiger charge is 2.72. The lowest BCUT2D eigenvalue weighted by Gasteiger charge is -2.26. The standard InChI is InChI=1S/C16H14N2O6/c1-15-6-7-16(8-19,24-15)12-11(15)13(20)17(14(12)21)9-2-4-10(5-3-9)18(22)23/h2-7,11-12,19H,8H2,1H3/t11-,12-,15-,16+/m1/s1. The minimum Gasteiger partial charge on any atom is -0.393 e. The van der Waals surface area contributed by atoms with Crippen LogP contribution in [0.2, 0.25) is 0 Å². The fourth-order valence-corrected chi connectivity index (χ4v) is 4.02. The van der Waals surface area contributed by atoms with E-state index >= 15 is 0 Å². The molecule has 24 heavy (non-hydrogen) atoms. The molecule has 0 aromatic heterocycles. The number of benzene rings is 1. The summed E-state index contributed by atoms with van der Waals surface area (Å²) in [4.78, 5) is 36.9. The van der Waals surface area contributed by atoms with Crippen molar-refractivity contribution in [3.05, 3.63) is 46.5 Å². The number of non-ortho nitro benzene ring substituents is 1. The van der Waals surface area contributed by atoms with Crippen molar-refractivity contribution in [2.45, 2.75) is 18.1 Å². The Bertz CT molecular complexity index is 803. The van der Waals surface area contributed by atoms with Gasteiger partial charge in [0.05, 0.1) is 34.7 Å². The highest BCUT2D eigenvalue weighted by atomic mass is 16.6. The quantitative estimate of drug-likeness (QED) is 0.380. The average Bonchev–Trinajstić information content (AvgIpc) is 3.14. The van der Waals surface area contributed by atoms with Crippen molar-refractivity contribution >= 4 is 23.2 Å². The van der Waals surface area contributed by atoms with Crippen LogP contribution in [-0.4, -0.2) is 39.7 Å². The lowest BCUT2D eigenvalue weighted by molar-refractivity contribution is -0.384. The van der Waals surface area contributed by atoms with E-state index in [0.29, 0.717) is 0 Å². The molecule has 0 spiro atoms. The number of hydrogen-bond acceptors (Lipinski definition) is 6. The maximum absolute atomic E-state index is 12.9. The van der Waals surface area contributed by atoms with Gasteiger partial charge in [-0.1, -0.05) is 12.2 Å². The summed E-state index contributed by atoms with van der Waals surface area (Å²) in [5.74, 6) is -2.38. The second-order valence-corrected chi connectivity index (χ2v) is 6.47. The van der Waals surface area contributed by atoms with Crippen LogP contribution in [0.5, 0.6) is 0 Å². The van der Waals surface area contributed by atoms with E-state index in [1.54, 1.807) is 19.1 Å². The highest BCUT2D eigenvalue weighted by molar-refractivity contribution is 6.23. The van der Waals surface area contributed by atoms with E-state index in [4.69, 9.17) is 4.74 Å². The molecule has 1 N–H and O–H groups in total. The Morgan fingerprint density at radius 3 is 2.42 bits per heavy atom. The molecule has 3 heterocycles. The van der Waals surface area contributed by atoms with Gasteiger partial charge in [0.15, 0.2) is 0 Å². The van der Waals surface area contributed by atoms with Gasteiger partial charge in [-0.15, -0.1) is 0 Å². The predicted octanol–water partition coefficient (Wildman–Crippen LogP) is 0.790. The first-order valence-electron chi connectivity index (χ1n) is 7.47. The van der Waals surface area contributed by atoms with Gasteiger partial charge in [-0.05, 0) is 19.1 Å². The minimum absolute atomic E-state index is 0.123. The molecule has 2 saturated heterocycles. The molecule has 1 aromatic rings. The van der Waals surface area contributed by atoms with E-state index in [9.17, 15) is 24.8 Å². The van der Waals surface area contributed by atoms with Crippen molar-refractivity contribution in [2.24, 2.45) is 11.8 Å². The van der Waals surface area contributed by atoms with Gasteiger partial charge >= 0.3 is 0 Å². The number of rotatable bonds is 3. The molecule has 0 aliphatic carbocycles. The first-order chi connectivity index (χ1) is 11.3. The molecule has 2 fully saturated rings. The first kappa shape index (κ1) is 15.0. The number of carbonyl (C=O) groups excluding carboxylic acids is 2. The number of fused-ring (bicyclic) bond motifs is 5. The fourth-order valence-electron chi connectivity index (χ4n) is 4.02. The molecule has 8 heteroatoms. The Morgan fingerprint density at radius 1 is 1.21 bits per heavy atom. The van der Waals surface area contributed by atoms with Crippen LogP contribution in [0.15, 0.2) is 36.4 Å². The van der Waals surface area contributed by atoms with Crippen LogP contribution >= 0.6 is 0 Å². The van der Waals surface area contributed by atoms with Crippen LogP contribution in [0, 0.1) is 22.0 Å². The van der Waals surface area contributed by atoms with Gasteiger partial charge in [0.1, 0.15) is 5.60 Å². The molecule has 124 valence electrons. The van der Waals surface area contributed by atoms with Crippen molar-refractivity contribution in [3.63, 3.8) is 0 Å². The number of nitro benzene ring substituents is 1. The maximum atomic E-state index is 12.9. The Kier molecular flexibility index (Phi) is 2.80. The molecule has 0 unspecified atom stereocenters. The SMILES string of the molecule is C[C@]12C=C[C@@](CO)(O1)[C@H]1C(=O)N(c3ccc([N+](=O)[O-])cc3)C(=O)[C@@H]12. The van der Waals surface area contributed by atoms with Crippen LogP contribution in [0.3, 0.4) is 0 Å². The summed E-state index contributed by atoms with van der Waals surface area (Å²) in [6.07, 6.45) is 3.37. The number of nitrogens with zero attached hydrogens (tertiary/aromatic N) is 2. The summed E-state index contributed by atoms with van der Waals surface area (Å²) in [5.41, 5.74) is -1.96. The van der Waals surface area contributed by atoms with Crippen molar-refractivity contribution in [1.82, 2.24) is 0 Å². The van der Waals surface area contributed by atoms with E-state index in [-0.39, 0.29) is 11.4 Å². The Hall–Kier alpha value is -2.58. The molecule has 2 bridgehead atoms. The second-order valence-electron chi connectivity index (χ2n) is 6.47. The zero-order chi connectivity index (χ0) is 17.3. The van der Waals surface area contributed by atoms with E-state index in [0.717, 1.165) is 4.90 Å². The number of nitro groups is 1. The molecule has 4 atom stereocenters. The number of ether oxygens (including phenoxy) is 1. The molecule has 1 aromatic carbocycles. The lowest BCUT2D eigenvalue weighted by Crippen LogP contribution is -2.43. The van der Waals surface area contributed by atoms with E-state index in [1.165, 1.54) is 24.3 Å². The third-order valence-electron chi connectivity index (χ3n) is 5.12. The van der Waals surface area contributed by atoms with Gasteiger partial charge in [0, 0.05) is 12.1 Å². The van der Waals surface area contributed by atoms with Crippen LogP contribution in [0.4, 0.5) is 11.4 Å². The highest BCUT2D eigenvalue weighted by Crippen LogP contribution is 2.57. The number of aliphatic hydroxyl groups is 1. The van der Waals surface area contributed by atoms with Gasteiger partial charge in [0.25, 0.3) is 5.69 Å². The summed E-state index contributed by atoms with van der Waals surface area (Å²) in [6, 6.07) is 5.24. The van der Waals surface area contributed by atoms with Crippen molar-refractivity contribution in [1.29, 1.82) is 0 Å². The van der Waals surface area contributed by atoms with E-state index in [1.807, 2.05) is 0 Å². The van der Waals surface area contributed by atoms with Crippen LogP contribution in [0.1, 0.15) is 6.92 Å². The molecule has 0 saturated carbocycles. The largest absolute Gasteiger partial charge is 0.393 e. The molecule has 0 radical (unpaired) electrons. The van der Waals surface area contributed by atoms with E-state index in [2.05, 4.69) is 0 Å². The smallest absolute Gasteiger partial charge is 0.269 e. The summed E-state index contributed by atoms with van der Waals surface area (Å²) in [6.45, 7) is 1.32. The zero-order valence-corrected chi connectivity index (χ0v) is 12.7. The Balaban J connectivity index is 1.75. The summed E-state index contributed by atoms with van der Waals surface area (Å²) in [5, 5.41) is 20.5. The van der Waals surface area contributed by atoms with Gasteiger partial charge in [-0.3, -0.25) is 19.7 Å². The molecule has 8 nitrogen and oxygen atoms in total. The van der Waals surface area contributed by atoms with E-state index < -0.39 is 46.4 Å². The monoisotopic (exact) mass is 330 g/mol. The van der Waals surface area contributed by atoms with Crippen molar-refractivity contribution in [3.8, 4) is 0 Å². The van der Waals surface area contributed by atoms with Gasteiger partial charge in [0.2, 0.25) is 11.8 Å². The van der Waals surface area contributed by atoms with Crippen molar-refractivity contribution in [2.75, 3.05) is 11.5 Å². The minimum atomic E-state index is -1.18. The third kappa shape index (κ3) is 1.64. The Morgan fingerprint density at radius 2 is 1.83 bits per heavy atom. The second kappa shape index (κ2) is 4.49. The number of imide groups is 1. The number of carbonyl (C=O) groups is 2. The summed E-state index contributed by atoms with van der Waals surface area (Å²) >= 11 is 0. The summed E-state index contributed by atoms with van der Waals surface area (Å²) < 4.78 is 5.82. The fraction of sp³-hybridized carbons (Fsp3) is 0.375. The molecular formula is C16H14N2O6. The number of aliphatic hydroxyl groups excluding tert-OH is 1. The number of anilines is 1. The predicted molar refractivity (Wildman–Crippen MR) is 81.0 cm³/mol. The van der Waals surface area contributed by atoms with Gasteiger partial charge < -0.3 is 9.84 Å². The number of hydrogen-bond donors (Lipinski definition) is 1. The molecule has 4 rings (SSSR count). The third-order valence-corrected chi connectivity index (χ3v) is 5.12. The lowest BCUT2D eigenvalue weighted by atomic mass is 9.73. The number of amides is 2. The van der Waals surface area contributed by atoms with Crippen LogP contribution < -0.4 is 4.90 Å². The molecule has 3 aliphatic rings. The first-order valence-corrected chi connectivity index (χ1v) is 7.47. The van der Waals surface area contributed by atoms with Gasteiger partial charge in [-0.2, -0.15) is 0 Å².